The molecule has 2 aliphatic rings. The van der Waals surface area contributed by atoms with Gasteiger partial charge < -0.3 is 5.32 Å². The van der Waals surface area contributed by atoms with Crippen LogP contribution in [0.2, 0.25) is 0 Å². The molecule has 1 N–H and O–H groups in total. The van der Waals surface area contributed by atoms with E-state index in [1.54, 1.807) is 0 Å². The molecule has 0 fully saturated rings. The summed E-state index contributed by atoms with van der Waals surface area (Å²) in [6.07, 6.45) is 6.65. The quantitative estimate of drug-likeness (QED) is 0.661. The summed E-state index contributed by atoms with van der Waals surface area (Å²) in [4.78, 5) is 44.9. The van der Waals surface area contributed by atoms with Gasteiger partial charge in [0.1, 0.15) is 0 Å². The molecule has 5 heteroatoms. The van der Waals surface area contributed by atoms with Gasteiger partial charge in [0.25, 0.3) is 0 Å². The van der Waals surface area contributed by atoms with Gasteiger partial charge in [0.05, 0.1) is 11.4 Å². The minimum atomic E-state index is -0.416. The van der Waals surface area contributed by atoms with E-state index in [-0.39, 0.29) is 23.0 Å². The highest BCUT2D eigenvalue weighted by molar-refractivity contribution is 6.20. The number of hydrogen-bond donors (Lipinski definition) is 1. The van der Waals surface area contributed by atoms with Crippen LogP contribution in [0, 0.1) is 0 Å². The van der Waals surface area contributed by atoms with E-state index < -0.39 is 11.6 Å². The number of ketones is 4. The van der Waals surface area contributed by atoms with Crippen LogP contribution in [0.15, 0.2) is 47.9 Å². The molecule has 0 aliphatic heterocycles. The summed E-state index contributed by atoms with van der Waals surface area (Å²) in [5.74, 6) is -1.53. The maximum atomic E-state index is 11.4. The Kier molecular flexibility index (Phi) is 2.66. The number of nitrogens with one attached hydrogen (secondary N) is 1. The van der Waals surface area contributed by atoms with Crippen molar-refractivity contribution in [2.24, 2.45) is 0 Å². The summed E-state index contributed by atoms with van der Waals surface area (Å²) in [7, 11) is 0. The van der Waals surface area contributed by atoms with Crippen molar-refractivity contribution in [2.75, 3.05) is 0 Å². The predicted molar refractivity (Wildman–Crippen MR) is 57.6 cm³/mol. The van der Waals surface area contributed by atoms with E-state index in [9.17, 15) is 19.2 Å². The van der Waals surface area contributed by atoms with Gasteiger partial charge in [-0.15, -0.1) is 0 Å². The summed E-state index contributed by atoms with van der Waals surface area (Å²) in [5.41, 5.74) is -0.0274. The second-order valence-corrected chi connectivity index (χ2v) is 3.44. The SMILES string of the molecule is O=C1C=CC(=O)C(NC2=CC(=O)C=CC2=O)=C1. The summed E-state index contributed by atoms with van der Waals surface area (Å²) in [6.45, 7) is 0. The zero-order valence-corrected chi connectivity index (χ0v) is 8.60. The van der Waals surface area contributed by atoms with Gasteiger partial charge in [-0.05, 0) is 24.3 Å². The van der Waals surface area contributed by atoms with E-state index in [4.69, 9.17) is 0 Å². The van der Waals surface area contributed by atoms with Crippen molar-refractivity contribution < 1.29 is 19.2 Å². The fourth-order valence-corrected chi connectivity index (χ4v) is 1.36. The number of rotatable bonds is 2. The minimum absolute atomic E-state index is 0.0137. The van der Waals surface area contributed by atoms with Crippen molar-refractivity contribution in [1.29, 1.82) is 0 Å². The van der Waals surface area contributed by atoms with E-state index in [0.717, 1.165) is 36.5 Å². The molecule has 0 saturated carbocycles. The van der Waals surface area contributed by atoms with Gasteiger partial charge in [-0.1, -0.05) is 0 Å². The standard InChI is InChI=1S/C12H7NO4/c14-7-1-3-11(16)9(5-7)13-10-6-8(15)2-4-12(10)17/h1-6,13H. The Hall–Kier alpha value is -2.56. The molecular weight excluding hydrogens is 222 g/mol. The highest BCUT2D eigenvalue weighted by Gasteiger charge is 2.19. The highest BCUT2D eigenvalue weighted by atomic mass is 16.1. The zero-order chi connectivity index (χ0) is 12.4. The molecule has 5 nitrogen and oxygen atoms in total. The first-order valence-corrected chi connectivity index (χ1v) is 4.79. The smallest absolute Gasteiger partial charge is 0.202 e. The number of carbonyl (C=O) groups is 4. The van der Waals surface area contributed by atoms with Gasteiger partial charge >= 0.3 is 0 Å². The Morgan fingerprint density at radius 2 is 1.06 bits per heavy atom. The Morgan fingerprint density at radius 3 is 1.47 bits per heavy atom. The maximum Gasteiger partial charge on any atom is 0.202 e. The molecule has 0 bridgehead atoms. The summed E-state index contributed by atoms with van der Waals surface area (Å²) in [6, 6.07) is 0. The van der Waals surface area contributed by atoms with Crippen LogP contribution in [-0.4, -0.2) is 23.1 Å². The van der Waals surface area contributed by atoms with Gasteiger partial charge in [0.15, 0.2) is 11.6 Å². The first kappa shape index (κ1) is 10.9. The van der Waals surface area contributed by atoms with Crippen LogP contribution in [0.25, 0.3) is 0 Å². The van der Waals surface area contributed by atoms with Gasteiger partial charge in [-0.2, -0.15) is 0 Å². The molecule has 0 aromatic heterocycles. The van der Waals surface area contributed by atoms with Crippen LogP contribution in [0.4, 0.5) is 0 Å². The van der Waals surface area contributed by atoms with Crippen molar-refractivity contribution in [2.45, 2.75) is 0 Å². The average molecular weight is 229 g/mol. The molecule has 0 atom stereocenters. The predicted octanol–water partition coefficient (Wildman–Crippen LogP) is -0.240. The van der Waals surface area contributed by atoms with Crippen LogP contribution in [0.5, 0.6) is 0 Å². The molecule has 84 valence electrons. The Morgan fingerprint density at radius 1 is 0.647 bits per heavy atom. The number of allylic oxidation sites excluding steroid dienone is 6. The van der Waals surface area contributed by atoms with Crippen molar-refractivity contribution in [1.82, 2.24) is 5.32 Å². The van der Waals surface area contributed by atoms with E-state index >= 15 is 0 Å². The number of carbonyl (C=O) groups excluding carboxylic acids is 4. The van der Waals surface area contributed by atoms with E-state index in [1.807, 2.05) is 0 Å². The molecule has 17 heavy (non-hydrogen) atoms. The second kappa shape index (κ2) is 4.13. The van der Waals surface area contributed by atoms with Gasteiger partial charge in [0, 0.05) is 12.2 Å². The third kappa shape index (κ3) is 2.34. The average Bonchev–Trinajstić information content (AvgIpc) is 2.28. The minimum Gasteiger partial charge on any atom is -0.349 e. The van der Waals surface area contributed by atoms with Crippen LogP contribution in [0.1, 0.15) is 0 Å². The molecule has 0 saturated heterocycles. The number of hydrogen-bond acceptors (Lipinski definition) is 5. The molecule has 0 spiro atoms. The fraction of sp³-hybridized carbons (Fsp3) is 0. The van der Waals surface area contributed by atoms with Gasteiger partial charge in [0.2, 0.25) is 11.6 Å². The van der Waals surface area contributed by atoms with Gasteiger partial charge in [-0.3, -0.25) is 19.2 Å². The Balaban J connectivity index is 2.22. The van der Waals surface area contributed by atoms with Crippen molar-refractivity contribution in [3.05, 3.63) is 47.9 Å². The lowest BCUT2D eigenvalue weighted by Gasteiger charge is -2.12. The maximum absolute atomic E-state index is 11.4. The van der Waals surface area contributed by atoms with E-state index in [1.165, 1.54) is 0 Å². The van der Waals surface area contributed by atoms with Crippen molar-refractivity contribution >= 4 is 23.1 Å². The lowest BCUT2D eigenvalue weighted by atomic mass is 10.1. The first-order chi connectivity index (χ1) is 8.06. The van der Waals surface area contributed by atoms with Crippen molar-refractivity contribution in [3.8, 4) is 0 Å². The molecule has 2 rings (SSSR count). The topological polar surface area (TPSA) is 80.3 Å². The molecule has 0 radical (unpaired) electrons. The van der Waals surface area contributed by atoms with Crippen LogP contribution >= 0.6 is 0 Å². The third-order valence-electron chi connectivity index (χ3n) is 2.17. The van der Waals surface area contributed by atoms with Crippen LogP contribution < -0.4 is 5.32 Å². The first-order valence-electron chi connectivity index (χ1n) is 4.79. The van der Waals surface area contributed by atoms with Gasteiger partial charge in [-0.25, -0.2) is 0 Å². The molecule has 0 amide bonds. The summed E-state index contributed by atoms with van der Waals surface area (Å²) >= 11 is 0. The van der Waals surface area contributed by atoms with Crippen molar-refractivity contribution in [3.63, 3.8) is 0 Å². The van der Waals surface area contributed by atoms with Crippen LogP contribution in [-0.2, 0) is 19.2 Å². The molecule has 0 aromatic carbocycles. The zero-order valence-electron chi connectivity index (χ0n) is 8.60. The fourth-order valence-electron chi connectivity index (χ4n) is 1.36. The Bertz CT molecular complexity index is 511. The van der Waals surface area contributed by atoms with Crippen LogP contribution in [0.3, 0.4) is 0 Å². The Labute approximate surface area is 96.2 Å². The summed E-state index contributed by atoms with van der Waals surface area (Å²) < 4.78 is 0. The van der Waals surface area contributed by atoms with E-state index in [0.29, 0.717) is 0 Å². The molecule has 0 heterocycles. The monoisotopic (exact) mass is 229 g/mol. The lowest BCUT2D eigenvalue weighted by Crippen LogP contribution is -2.27. The normalized spacial score (nSPS) is 19.3. The third-order valence-corrected chi connectivity index (χ3v) is 2.17. The highest BCUT2D eigenvalue weighted by Crippen LogP contribution is 2.08. The molecule has 2 aliphatic carbocycles. The second-order valence-electron chi connectivity index (χ2n) is 3.44. The molecule has 0 aromatic rings. The molecule has 0 unspecified atom stereocenters. The largest absolute Gasteiger partial charge is 0.349 e. The summed E-state index contributed by atoms with van der Waals surface area (Å²) in [5, 5.41) is 2.50. The lowest BCUT2D eigenvalue weighted by molar-refractivity contribution is -0.115. The van der Waals surface area contributed by atoms with E-state index in [2.05, 4.69) is 5.32 Å². The molecular formula is C12H7NO4.